The summed E-state index contributed by atoms with van der Waals surface area (Å²) < 4.78 is 4.94. The third-order valence-corrected chi connectivity index (χ3v) is 6.27. The molecule has 7 heteroatoms. The van der Waals surface area contributed by atoms with Crippen molar-refractivity contribution in [1.82, 2.24) is 18.7 Å². The predicted octanol–water partition coefficient (Wildman–Crippen LogP) is 4.11. The Morgan fingerprint density at radius 1 is 1.03 bits per heavy atom. The number of benzene rings is 1. The topological polar surface area (TPSA) is 65.1 Å². The maximum absolute atomic E-state index is 13.4. The molecule has 1 aliphatic rings. The highest BCUT2D eigenvalue weighted by molar-refractivity contribution is 5.77. The van der Waals surface area contributed by atoms with Gasteiger partial charge in [-0.25, -0.2) is 4.79 Å². The fraction of sp³-hybridized carbons (Fsp3) is 0.542. The number of aromatic nitrogens is 4. The lowest BCUT2D eigenvalue weighted by molar-refractivity contribution is 0.524. The van der Waals surface area contributed by atoms with E-state index in [9.17, 15) is 9.59 Å². The van der Waals surface area contributed by atoms with E-state index in [1.165, 1.54) is 34.0 Å². The summed E-state index contributed by atoms with van der Waals surface area (Å²) in [6.45, 7) is 6.31. The van der Waals surface area contributed by atoms with Gasteiger partial charge in [-0.15, -0.1) is 0 Å². The molecule has 1 aromatic carbocycles. The highest BCUT2D eigenvalue weighted by atomic mass is 16.2. The van der Waals surface area contributed by atoms with Gasteiger partial charge in [0.05, 0.1) is 0 Å². The predicted molar refractivity (Wildman–Crippen MR) is 125 cm³/mol. The van der Waals surface area contributed by atoms with Crippen LogP contribution in [0.4, 0.5) is 11.6 Å². The van der Waals surface area contributed by atoms with Gasteiger partial charge in [-0.2, -0.15) is 4.98 Å². The van der Waals surface area contributed by atoms with Gasteiger partial charge in [0.2, 0.25) is 5.95 Å². The van der Waals surface area contributed by atoms with Gasteiger partial charge in [0.1, 0.15) is 0 Å². The van der Waals surface area contributed by atoms with E-state index in [0.717, 1.165) is 50.4 Å². The van der Waals surface area contributed by atoms with Crippen LogP contribution in [-0.4, -0.2) is 25.2 Å². The molecule has 0 N–H and O–H groups in total. The van der Waals surface area contributed by atoms with Crippen LogP contribution < -0.4 is 16.1 Å². The molecule has 4 rings (SSSR count). The van der Waals surface area contributed by atoms with Crippen molar-refractivity contribution in [2.75, 3.05) is 11.4 Å². The van der Waals surface area contributed by atoms with Crippen molar-refractivity contribution in [1.29, 1.82) is 0 Å². The van der Waals surface area contributed by atoms with E-state index in [2.05, 4.69) is 36.9 Å². The summed E-state index contributed by atoms with van der Waals surface area (Å²) in [5.74, 6) is 0.747. The number of aryl methyl sites for hydroxylation is 3. The molecule has 7 nitrogen and oxygen atoms in total. The van der Waals surface area contributed by atoms with E-state index in [1.807, 2.05) is 10.6 Å². The lowest BCUT2D eigenvalue weighted by Crippen LogP contribution is -2.40. The number of rotatable bonds is 8. The SMILES string of the molecule is CCCCCCCCn1c(=O)c2c(nc3n2CCCN3c2cccc(C)c2)n(C)c1=O. The number of anilines is 2. The van der Waals surface area contributed by atoms with Gasteiger partial charge in [0.15, 0.2) is 11.2 Å². The number of hydrogen-bond donors (Lipinski definition) is 0. The molecule has 0 unspecified atom stereocenters. The van der Waals surface area contributed by atoms with E-state index < -0.39 is 0 Å². The van der Waals surface area contributed by atoms with Crippen molar-refractivity contribution in [3.63, 3.8) is 0 Å². The Hall–Kier alpha value is -2.83. The van der Waals surface area contributed by atoms with Crippen molar-refractivity contribution >= 4 is 22.8 Å². The Balaban J connectivity index is 1.71. The van der Waals surface area contributed by atoms with Crippen molar-refractivity contribution in [3.05, 3.63) is 50.7 Å². The van der Waals surface area contributed by atoms with E-state index in [-0.39, 0.29) is 11.2 Å². The summed E-state index contributed by atoms with van der Waals surface area (Å²) in [5, 5.41) is 0. The van der Waals surface area contributed by atoms with E-state index >= 15 is 0 Å². The van der Waals surface area contributed by atoms with E-state index in [0.29, 0.717) is 17.7 Å². The minimum absolute atomic E-state index is 0.212. The summed E-state index contributed by atoms with van der Waals surface area (Å²) in [5.41, 5.74) is 2.78. The third-order valence-electron chi connectivity index (χ3n) is 6.27. The van der Waals surface area contributed by atoms with Crippen LogP contribution in [0.15, 0.2) is 33.9 Å². The van der Waals surface area contributed by atoms with Crippen LogP contribution in [0.3, 0.4) is 0 Å². The third kappa shape index (κ3) is 4.05. The number of hydrogen-bond acceptors (Lipinski definition) is 4. The standard InChI is InChI=1S/C24H33N5O2/c1-4-5-6-7-8-9-14-29-22(30)20-21(26(3)24(29)31)25-23-27(15-11-16-28(20)23)19-13-10-12-18(2)17-19/h10,12-13,17H,4-9,11,14-16H2,1-3H3. The largest absolute Gasteiger partial charge is 0.332 e. The van der Waals surface area contributed by atoms with Gasteiger partial charge in [-0.05, 0) is 37.5 Å². The Kier molecular flexibility index (Phi) is 6.30. The van der Waals surface area contributed by atoms with E-state index in [1.54, 1.807) is 7.05 Å². The molecule has 0 bridgehead atoms. The summed E-state index contributed by atoms with van der Waals surface area (Å²) >= 11 is 0. The number of unbranched alkanes of at least 4 members (excludes halogenated alkanes) is 5. The highest BCUT2D eigenvalue weighted by Crippen LogP contribution is 2.31. The molecule has 1 aliphatic heterocycles. The second kappa shape index (κ2) is 9.12. The van der Waals surface area contributed by atoms with Crippen LogP contribution >= 0.6 is 0 Å². The number of fused-ring (bicyclic) bond motifs is 3. The Morgan fingerprint density at radius 2 is 1.81 bits per heavy atom. The second-order valence-electron chi connectivity index (χ2n) is 8.65. The zero-order valence-electron chi connectivity index (χ0n) is 18.9. The maximum Gasteiger partial charge on any atom is 0.332 e. The first-order valence-electron chi connectivity index (χ1n) is 11.6. The molecule has 2 aromatic heterocycles. The molecule has 0 radical (unpaired) electrons. The number of imidazole rings is 1. The molecule has 166 valence electrons. The van der Waals surface area contributed by atoms with Crippen LogP contribution in [0.25, 0.3) is 11.2 Å². The molecule has 0 saturated carbocycles. The van der Waals surface area contributed by atoms with Crippen molar-refractivity contribution in [2.24, 2.45) is 7.05 Å². The lowest BCUT2D eigenvalue weighted by Gasteiger charge is -2.29. The minimum Gasteiger partial charge on any atom is -0.312 e. The van der Waals surface area contributed by atoms with Gasteiger partial charge in [-0.3, -0.25) is 13.9 Å². The van der Waals surface area contributed by atoms with Crippen molar-refractivity contribution in [3.8, 4) is 0 Å². The lowest BCUT2D eigenvalue weighted by atomic mass is 10.1. The Morgan fingerprint density at radius 3 is 2.58 bits per heavy atom. The normalized spacial score (nSPS) is 13.7. The Labute approximate surface area is 182 Å². The first-order valence-corrected chi connectivity index (χ1v) is 11.6. The van der Waals surface area contributed by atoms with Crippen molar-refractivity contribution in [2.45, 2.75) is 71.9 Å². The monoisotopic (exact) mass is 423 g/mol. The summed E-state index contributed by atoms with van der Waals surface area (Å²) in [6.07, 6.45) is 7.63. The van der Waals surface area contributed by atoms with Gasteiger partial charge in [-0.1, -0.05) is 51.2 Å². The average Bonchev–Trinajstić information content (AvgIpc) is 3.16. The zero-order valence-corrected chi connectivity index (χ0v) is 18.9. The fourth-order valence-corrected chi connectivity index (χ4v) is 4.55. The molecular weight excluding hydrogens is 390 g/mol. The number of nitrogens with zero attached hydrogens (tertiary/aromatic N) is 5. The van der Waals surface area contributed by atoms with Crippen molar-refractivity contribution < 1.29 is 0 Å². The van der Waals surface area contributed by atoms with Crippen LogP contribution in [0.2, 0.25) is 0 Å². The fourth-order valence-electron chi connectivity index (χ4n) is 4.55. The van der Waals surface area contributed by atoms with Crippen LogP contribution in [0.1, 0.15) is 57.4 Å². The average molecular weight is 424 g/mol. The summed E-state index contributed by atoms with van der Waals surface area (Å²) in [6, 6.07) is 8.30. The van der Waals surface area contributed by atoms with Crippen LogP contribution in [0.5, 0.6) is 0 Å². The van der Waals surface area contributed by atoms with Gasteiger partial charge < -0.3 is 9.47 Å². The minimum atomic E-state index is -0.274. The molecule has 3 aromatic rings. The Bertz CT molecular complexity index is 1190. The quantitative estimate of drug-likeness (QED) is 0.512. The molecule has 0 spiro atoms. The molecule has 3 heterocycles. The summed E-state index contributed by atoms with van der Waals surface area (Å²) in [4.78, 5) is 33.2. The smallest absolute Gasteiger partial charge is 0.312 e. The molecule has 0 amide bonds. The summed E-state index contributed by atoms with van der Waals surface area (Å²) in [7, 11) is 1.72. The maximum atomic E-state index is 13.4. The highest BCUT2D eigenvalue weighted by Gasteiger charge is 2.26. The molecule has 0 atom stereocenters. The zero-order chi connectivity index (χ0) is 22.0. The van der Waals surface area contributed by atoms with Gasteiger partial charge in [0.25, 0.3) is 5.56 Å². The molecule has 0 fully saturated rings. The van der Waals surface area contributed by atoms with E-state index in [4.69, 9.17) is 4.98 Å². The molecular formula is C24H33N5O2. The molecule has 31 heavy (non-hydrogen) atoms. The van der Waals surface area contributed by atoms with Gasteiger partial charge >= 0.3 is 5.69 Å². The van der Waals surface area contributed by atoms with Crippen LogP contribution in [-0.2, 0) is 20.1 Å². The molecule has 0 aliphatic carbocycles. The first-order chi connectivity index (χ1) is 15.0. The first kappa shape index (κ1) is 21.4. The van der Waals surface area contributed by atoms with Crippen LogP contribution in [0, 0.1) is 6.92 Å². The second-order valence-corrected chi connectivity index (χ2v) is 8.65. The molecule has 0 saturated heterocycles. The van der Waals surface area contributed by atoms with Gasteiger partial charge in [0, 0.05) is 32.4 Å².